The van der Waals surface area contributed by atoms with Crippen LogP contribution in [0.5, 0.6) is 5.75 Å². The molecule has 0 spiro atoms. The molecule has 2 aromatic carbocycles. The fourth-order valence-corrected chi connectivity index (χ4v) is 3.40. The number of thioether (sulfide) groups is 1. The Bertz CT molecular complexity index is 896. The normalized spacial score (nSPS) is 13.0. The van der Waals surface area contributed by atoms with E-state index in [-0.39, 0.29) is 17.6 Å². The Hall–Kier alpha value is -2.93. The average molecular weight is 427 g/mol. The minimum atomic E-state index is -0.360. The molecule has 7 heteroatoms. The summed E-state index contributed by atoms with van der Waals surface area (Å²) in [5.74, 6) is 1.29. The summed E-state index contributed by atoms with van der Waals surface area (Å²) in [6.07, 6.45) is 2.12. The number of unbranched alkanes of at least 4 members (excludes halogenated alkanes) is 1. The Morgan fingerprint density at radius 1 is 1.10 bits per heavy atom. The highest BCUT2D eigenvalue weighted by atomic mass is 32.2. The van der Waals surface area contributed by atoms with Crippen LogP contribution in [0, 0.1) is 0 Å². The van der Waals surface area contributed by atoms with Gasteiger partial charge >= 0.3 is 0 Å². The number of rotatable bonds is 9. The van der Waals surface area contributed by atoms with E-state index in [4.69, 9.17) is 9.47 Å². The van der Waals surface area contributed by atoms with Gasteiger partial charge < -0.3 is 20.1 Å². The molecule has 1 heterocycles. The number of hydrogen-bond donors (Lipinski definition) is 2. The van der Waals surface area contributed by atoms with E-state index in [2.05, 4.69) is 17.6 Å². The van der Waals surface area contributed by atoms with Gasteiger partial charge in [-0.3, -0.25) is 9.59 Å². The van der Waals surface area contributed by atoms with Gasteiger partial charge in [0.25, 0.3) is 11.8 Å². The summed E-state index contributed by atoms with van der Waals surface area (Å²) in [7, 11) is 0. The zero-order chi connectivity index (χ0) is 21.2. The highest BCUT2D eigenvalue weighted by Crippen LogP contribution is 2.20. The standard InChI is InChI=1S/C23H26N2O4S/c1-2-3-12-28-18-10-8-17(9-11-18)15-24-22(26)19-6-4-5-7-20(19)25-23(27)21-16-30-14-13-29-21/h4-11,16H,2-3,12-15H2,1H3,(H,24,26)(H,25,27). The van der Waals surface area contributed by atoms with E-state index in [9.17, 15) is 9.59 Å². The topological polar surface area (TPSA) is 76.7 Å². The highest BCUT2D eigenvalue weighted by Gasteiger charge is 2.18. The van der Waals surface area contributed by atoms with Gasteiger partial charge in [-0.15, -0.1) is 11.8 Å². The van der Waals surface area contributed by atoms with E-state index in [0.29, 0.717) is 31.0 Å². The molecule has 2 amide bonds. The molecule has 2 aromatic rings. The maximum atomic E-state index is 12.7. The quantitative estimate of drug-likeness (QED) is 0.584. The molecular weight excluding hydrogens is 400 g/mol. The molecule has 3 rings (SSSR count). The SMILES string of the molecule is CCCCOc1ccc(CNC(=O)c2ccccc2NC(=O)C2=CSCCO2)cc1. The van der Waals surface area contributed by atoms with Crippen molar-refractivity contribution in [3.8, 4) is 5.75 Å². The summed E-state index contributed by atoms with van der Waals surface area (Å²) in [5.41, 5.74) is 1.81. The molecule has 0 saturated heterocycles. The van der Waals surface area contributed by atoms with Gasteiger partial charge in [0, 0.05) is 17.7 Å². The lowest BCUT2D eigenvalue weighted by Gasteiger charge is -2.15. The van der Waals surface area contributed by atoms with Gasteiger partial charge in [0.05, 0.1) is 24.5 Å². The lowest BCUT2D eigenvalue weighted by Crippen LogP contribution is -2.25. The molecule has 0 radical (unpaired) electrons. The predicted molar refractivity (Wildman–Crippen MR) is 120 cm³/mol. The summed E-state index contributed by atoms with van der Waals surface area (Å²) in [6.45, 7) is 3.70. The summed E-state index contributed by atoms with van der Waals surface area (Å²) in [5, 5.41) is 7.36. The molecule has 0 aliphatic carbocycles. The third-order valence-corrected chi connectivity index (χ3v) is 5.22. The van der Waals surface area contributed by atoms with Crippen molar-refractivity contribution in [2.24, 2.45) is 0 Å². The number of ether oxygens (including phenoxy) is 2. The monoisotopic (exact) mass is 426 g/mol. The molecule has 0 atom stereocenters. The Labute approximate surface area is 181 Å². The second-order valence-corrected chi connectivity index (χ2v) is 7.71. The summed E-state index contributed by atoms with van der Waals surface area (Å²) in [4.78, 5) is 25.1. The second kappa shape index (κ2) is 11.3. The van der Waals surface area contributed by atoms with Crippen LogP contribution in [0.4, 0.5) is 5.69 Å². The Morgan fingerprint density at radius 3 is 2.63 bits per heavy atom. The van der Waals surface area contributed by atoms with Crippen molar-refractivity contribution in [3.63, 3.8) is 0 Å². The number of para-hydroxylation sites is 1. The van der Waals surface area contributed by atoms with E-state index in [1.807, 2.05) is 24.3 Å². The Kier molecular flexibility index (Phi) is 8.20. The van der Waals surface area contributed by atoms with Crippen molar-refractivity contribution >= 4 is 29.3 Å². The molecule has 2 N–H and O–H groups in total. The molecule has 0 bridgehead atoms. The van der Waals surface area contributed by atoms with E-state index in [0.717, 1.165) is 29.9 Å². The van der Waals surface area contributed by atoms with E-state index < -0.39 is 0 Å². The molecule has 0 saturated carbocycles. The summed E-state index contributed by atoms with van der Waals surface area (Å²) < 4.78 is 11.0. The fourth-order valence-electron chi connectivity index (χ4n) is 2.78. The molecule has 1 aliphatic heterocycles. The third-order valence-electron chi connectivity index (χ3n) is 4.44. The largest absolute Gasteiger partial charge is 0.494 e. The van der Waals surface area contributed by atoms with Gasteiger partial charge in [0.2, 0.25) is 0 Å². The smallest absolute Gasteiger partial charge is 0.291 e. The van der Waals surface area contributed by atoms with Crippen LogP contribution in [0.1, 0.15) is 35.7 Å². The van der Waals surface area contributed by atoms with Gasteiger partial charge in [0.15, 0.2) is 5.76 Å². The van der Waals surface area contributed by atoms with Crippen molar-refractivity contribution in [1.29, 1.82) is 0 Å². The molecule has 0 unspecified atom stereocenters. The zero-order valence-electron chi connectivity index (χ0n) is 17.0. The van der Waals surface area contributed by atoms with Crippen LogP contribution >= 0.6 is 11.8 Å². The van der Waals surface area contributed by atoms with Gasteiger partial charge in [-0.05, 0) is 36.2 Å². The number of hydrogen-bond acceptors (Lipinski definition) is 5. The number of carbonyl (C=O) groups excluding carboxylic acids is 2. The molecule has 158 valence electrons. The van der Waals surface area contributed by atoms with Gasteiger partial charge in [-0.2, -0.15) is 0 Å². The van der Waals surface area contributed by atoms with Crippen LogP contribution in [0.25, 0.3) is 0 Å². The highest BCUT2D eigenvalue weighted by molar-refractivity contribution is 8.02. The maximum Gasteiger partial charge on any atom is 0.291 e. The molecule has 1 aliphatic rings. The van der Waals surface area contributed by atoms with Crippen LogP contribution in [-0.4, -0.2) is 30.8 Å². The number of anilines is 1. The predicted octanol–water partition coefficient (Wildman–Crippen LogP) is 4.34. The number of benzene rings is 2. The van der Waals surface area contributed by atoms with Gasteiger partial charge in [-0.1, -0.05) is 37.6 Å². The van der Waals surface area contributed by atoms with Crippen LogP contribution in [0.3, 0.4) is 0 Å². The van der Waals surface area contributed by atoms with Crippen LogP contribution in [-0.2, 0) is 16.1 Å². The third kappa shape index (κ3) is 6.29. The zero-order valence-corrected chi connectivity index (χ0v) is 17.8. The summed E-state index contributed by atoms with van der Waals surface area (Å²) >= 11 is 1.53. The average Bonchev–Trinajstić information content (AvgIpc) is 2.79. The van der Waals surface area contributed by atoms with Crippen molar-refractivity contribution in [1.82, 2.24) is 5.32 Å². The lowest BCUT2D eigenvalue weighted by atomic mass is 10.1. The van der Waals surface area contributed by atoms with Crippen molar-refractivity contribution in [2.75, 3.05) is 24.3 Å². The molecule has 0 fully saturated rings. The number of amides is 2. The minimum absolute atomic E-state index is 0.262. The first-order valence-corrected chi connectivity index (χ1v) is 11.1. The second-order valence-electron chi connectivity index (χ2n) is 6.73. The molecular formula is C23H26N2O4S. The first kappa shape index (κ1) is 21.8. The van der Waals surface area contributed by atoms with Crippen LogP contribution in [0.2, 0.25) is 0 Å². The molecule has 30 heavy (non-hydrogen) atoms. The molecule has 6 nitrogen and oxygen atoms in total. The van der Waals surface area contributed by atoms with Crippen molar-refractivity contribution < 1.29 is 19.1 Å². The van der Waals surface area contributed by atoms with E-state index in [1.165, 1.54) is 11.8 Å². The van der Waals surface area contributed by atoms with Crippen molar-refractivity contribution in [3.05, 3.63) is 70.8 Å². The maximum absolute atomic E-state index is 12.7. The first-order valence-electron chi connectivity index (χ1n) is 10.0. The number of carbonyl (C=O) groups is 2. The van der Waals surface area contributed by atoms with E-state index >= 15 is 0 Å². The first-order chi connectivity index (χ1) is 14.7. The van der Waals surface area contributed by atoms with Gasteiger partial charge in [-0.25, -0.2) is 0 Å². The fraction of sp³-hybridized carbons (Fsp3) is 0.304. The summed E-state index contributed by atoms with van der Waals surface area (Å²) in [6, 6.07) is 14.6. The Morgan fingerprint density at radius 2 is 1.90 bits per heavy atom. The van der Waals surface area contributed by atoms with Crippen LogP contribution in [0.15, 0.2) is 59.7 Å². The van der Waals surface area contributed by atoms with Gasteiger partial charge in [0.1, 0.15) is 5.75 Å². The number of nitrogens with one attached hydrogen (secondary N) is 2. The van der Waals surface area contributed by atoms with E-state index in [1.54, 1.807) is 29.7 Å². The molecule has 0 aromatic heterocycles. The van der Waals surface area contributed by atoms with Crippen LogP contribution < -0.4 is 15.4 Å². The Balaban J connectivity index is 1.58. The van der Waals surface area contributed by atoms with Crippen molar-refractivity contribution in [2.45, 2.75) is 26.3 Å². The minimum Gasteiger partial charge on any atom is -0.494 e. The lowest BCUT2D eigenvalue weighted by molar-refractivity contribution is -0.116.